The quantitative estimate of drug-likeness (QED) is 0.191. The molecule has 1 aromatic rings. The molecule has 6 nitrogen and oxygen atoms in total. The van der Waals surface area contributed by atoms with Crippen LogP contribution in [0.4, 0.5) is 13.2 Å². The Hall–Kier alpha value is -1.27. The van der Waals surface area contributed by atoms with E-state index in [1.807, 2.05) is 6.92 Å². The second-order valence-electron chi connectivity index (χ2n) is 6.73. The molecule has 0 aromatic heterocycles. The van der Waals surface area contributed by atoms with E-state index in [0.717, 1.165) is 44.5 Å². The molecule has 30 heavy (non-hydrogen) atoms. The summed E-state index contributed by atoms with van der Waals surface area (Å²) < 4.78 is 52.4. The third-order valence-electron chi connectivity index (χ3n) is 4.18. The lowest BCUT2D eigenvalue weighted by atomic mass is 10.2. The largest absolute Gasteiger partial charge is 0.484 e. The minimum absolute atomic E-state index is 0. The molecule has 1 atom stereocenters. The molecule has 0 bridgehead atoms. The van der Waals surface area contributed by atoms with E-state index in [0.29, 0.717) is 25.7 Å². The van der Waals surface area contributed by atoms with Crippen LogP contribution in [0.2, 0.25) is 0 Å². The van der Waals surface area contributed by atoms with E-state index in [1.54, 1.807) is 12.1 Å². The van der Waals surface area contributed by atoms with E-state index in [9.17, 15) is 13.2 Å². The number of alkyl halides is 3. The molecular weight excluding hydrogens is 514 g/mol. The molecule has 1 unspecified atom stereocenters. The Labute approximate surface area is 193 Å². The Kier molecular flexibility index (Phi) is 13.1. The molecule has 0 radical (unpaired) electrons. The smallest absolute Gasteiger partial charge is 0.422 e. The average molecular weight is 545 g/mol. The summed E-state index contributed by atoms with van der Waals surface area (Å²) >= 11 is 0. The van der Waals surface area contributed by atoms with Gasteiger partial charge >= 0.3 is 6.18 Å². The van der Waals surface area contributed by atoms with Crippen LogP contribution in [-0.2, 0) is 16.0 Å². The van der Waals surface area contributed by atoms with Crippen molar-refractivity contribution in [3.05, 3.63) is 29.8 Å². The van der Waals surface area contributed by atoms with Gasteiger partial charge < -0.3 is 24.8 Å². The second-order valence-corrected chi connectivity index (χ2v) is 6.73. The lowest BCUT2D eigenvalue weighted by molar-refractivity contribution is -0.153. The van der Waals surface area contributed by atoms with Gasteiger partial charge in [0.1, 0.15) is 5.75 Å². The van der Waals surface area contributed by atoms with Gasteiger partial charge in [-0.05, 0) is 43.9 Å². The normalized spacial score (nSPS) is 16.8. The highest BCUT2D eigenvalue weighted by Gasteiger charge is 2.28. The summed E-state index contributed by atoms with van der Waals surface area (Å²) in [5, 5.41) is 6.41. The molecule has 0 saturated carbocycles. The number of benzene rings is 1. The zero-order valence-corrected chi connectivity index (χ0v) is 19.5. The molecule has 2 rings (SSSR count). The van der Waals surface area contributed by atoms with Gasteiger partial charge in [-0.3, -0.25) is 0 Å². The maximum atomic E-state index is 12.2. The van der Waals surface area contributed by atoms with Crippen molar-refractivity contribution in [3.63, 3.8) is 0 Å². The molecular formula is C20H31F3IN3O3. The number of ether oxygens (including phenoxy) is 3. The Bertz CT molecular complexity index is 610. The Morgan fingerprint density at radius 1 is 1.23 bits per heavy atom. The van der Waals surface area contributed by atoms with Crippen molar-refractivity contribution in [2.45, 2.75) is 45.0 Å². The van der Waals surface area contributed by atoms with Crippen LogP contribution in [0, 0.1) is 0 Å². The van der Waals surface area contributed by atoms with Crippen LogP contribution < -0.4 is 15.4 Å². The number of aliphatic imine (C=N–C) groups is 1. The van der Waals surface area contributed by atoms with Gasteiger partial charge in [-0.1, -0.05) is 12.1 Å². The van der Waals surface area contributed by atoms with Crippen molar-refractivity contribution < 1.29 is 27.4 Å². The summed E-state index contributed by atoms with van der Waals surface area (Å²) in [7, 11) is 0. The Morgan fingerprint density at radius 2 is 2.00 bits per heavy atom. The summed E-state index contributed by atoms with van der Waals surface area (Å²) in [5.74, 6) is 0.868. The standard InChI is InChI=1S/C20H30F3N3O3.HI/c1-2-24-19(25-10-4-11-27-14-18-5-3-12-28-18)26-13-16-6-8-17(9-7-16)29-15-20(21,22)23;/h6-9,18H,2-5,10-15H2,1H3,(H2,24,25,26);1H. The van der Waals surface area contributed by atoms with Gasteiger partial charge in [0.15, 0.2) is 12.6 Å². The fraction of sp³-hybridized carbons (Fsp3) is 0.650. The highest BCUT2D eigenvalue weighted by atomic mass is 127. The SMILES string of the molecule is CCNC(=NCc1ccc(OCC(F)(F)F)cc1)NCCCOCC1CCCO1.I. The summed E-state index contributed by atoms with van der Waals surface area (Å²) in [6, 6.07) is 6.44. The van der Waals surface area contributed by atoms with Gasteiger partial charge in [0.25, 0.3) is 0 Å². The van der Waals surface area contributed by atoms with E-state index in [4.69, 9.17) is 14.2 Å². The summed E-state index contributed by atoms with van der Waals surface area (Å²) in [6.07, 6.45) is -1.06. The molecule has 1 aliphatic heterocycles. The fourth-order valence-corrected chi connectivity index (χ4v) is 2.74. The van der Waals surface area contributed by atoms with Gasteiger partial charge in [-0.15, -0.1) is 24.0 Å². The first-order valence-corrected chi connectivity index (χ1v) is 9.96. The Morgan fingerprint density at radius 3 is 2.63 bits per heavy atom. The first kappa shape index (κ1) is 26.8. The molecule has 1 fully saturated rings. The monoisotopic (exact) mass is 545 g/mol. The lowest BCUT2D eigenvalue weighted by Gasteiger charge is -2.13. The van der Waals surface area contributed by atoms with Crippen molar-refractivity contribution in [1.29, 1.82) is 0 Å². The number of guanidine groups is 1. The zero-order valence-electron chi connectivity index (χ0n) is 17.2. The van der Waals surface area contributed by atoms with Crippen molar-refractivity contribution in [2.24, 2.45) is 4.99 Å². The maximum absolute atomic E-state index is 12.2. The number of nitrogens with one attached hydrogen (secondary N) is 2. The predicted octanol–water partition coefficient (Wildman–Crippen LogP) is 3.89. The minimum Gasteiger partial charge on any atom is -0.484 e. The van der Waals surface area contributed by atoms with Crippen molar-refractivity contribution in [2.75, 3.05) is 39.5 Å². The van der Waals surface area contributed by atoms with Crippen LogP contribution >= 0.6 is 24.0 Å². The van der Waals surface area contributed by atoms with Gasteiger partial charge in [0.2, 0.25) is 0 Å². The molecule has 1 saturated heterocycles. The van der Waals surface area contributed by atoms with E-state index < -0.39 is 12.8 Å². The van der Waals surface area contributed by atoms with Gasteiger partial charge in [-0.2, -0.15) is 13.2 Å². The van der Waals surface area contributed by atoms with Crippen LogP contribution in [0.1, 0.15) is 31.7 Å². The first-order chi connectivity index (χ1) is 14.0. The third-order valence-corrected chi connectivity index (χ3v) is 4.18. The van der Waals surface area contributed by atoms with Crippen LogP contribution in [0.5, 0.6) is 5.75 Å². The molecule has 10 heteroatoms. The number of hydrogen-bond donors (Lipinski definition) is 2. The molecule has 0 spiro atoms. The van der Waals surface area contributed by atoms with Gasteiger partial charge in [0, 0.05) is 26.3 Å². The number of nitrogens with zero attached hydrogens (tertiary/aromatic N) is 1. The molecule has 0 aliphatic carbocycles. The first-order valence-electron chi connectivity index (χ1n) is 9.96. The summed E-state index contributed by atoms with van der Waals surface area (Å²) in [4.78, 5) is 4.49. The maximum Gasteiger partial charge on any atom is 0.422 e. The fourth-order valence-electron chi connectivity index (χ4n) is 2.74. The van der Waals surface area contributed by atoms with E-state index >= 15 is 0 Å². The van der Waals surface area contributed by atoms with Crippen molar-refractivity contribution >= 4 is 29.9 Å². The predicted molar refractivity (Wildman–Crippen MR) is 121 cm³/mol. The third kappa shape index (κ3) is 11.8. The number of rotatable bonds is 11. The molecule has 0 amide bonds. The molecule has 1 aromatic carbocycles. The molecule has 172 valence electrons. The molecule has 1 heterocycles. The van der Waals surface area contributed by atoms with E-state index in [-0.39, 0.29) is 35.8 Å². The van der Waals surface area contributed by atoms with Crippen molar-refractivity contribution in [3.8, 4) is 5.75 Å². The molecule has 1 aliphatic rings. The van der Waals surface area contributed by atoms with Crippen molar-refractivity contribution in [1.82, 2.24) is 10.6 Å². The summed E-state index contributed by atoms with van der Waals surface area (Å²) in [6.45, 7) is 4.69. The Balaban J connectivity index is 0.00000450. The van der Waals surface area contributed by atoms with Crippen LogP contribution in [0.15, 0.2) is 29.3 Å². The topological polar surface area (TPSA) is 64.1 Å². The van der Waals surface area contributed by atoms with Gasteiger partial charge in [0.05, 0.1) is 19.3 Å². The van der Waals surface area contributed by atoms with E-state index in [2.05, 4.69) is 15.6 Å². The van der Waals surface area contributed by atoms with E-state index in [1.165, 1.54) is 12.1 Å². The van der Waals surface area contributed by atoms with Crippen LogP contribution in [0.25, 0.3) is 0 Å². The minimum atomic E-state index is -4.34. The molecule has 2 N–H and O–H groups in total. The van der Waals surface area contributed by atoms with Gasteiger partial charge in [-0.25, -0.2) is 4.99 Å². The number of hydrogen-bond acceptors (Lipinski definition) is 4. The number of halogens is 4. The van der Waals surface area contributed by atoms with Crippen LogP contribution in [0.3, 0.4) is 0 Å². The average Bonchev–Trinajstić information content (AvgIpc) is 3.21. The zero-order chi connectivity index (χ0) is 21.0. The lowest BCUT2D eigenvalue weighted by Crippen LogP contribution is -2.38. The second kappa shape index (κ2) is 14.7. The highest BCUT2D eigenvalue weighted by molar-refractivity contribution is 14.0. The van der Waals surface area contributed by atoms with Crippen LogP contribution in [-0.4, -0.2) is 57.8 Å². The highest BCUT2D eigenvalue weighted by Crippen LogP contribution is 2.19. The summed E-state index contributed by atoms with van der Waals surface area (Å²) in [5.41, 5.74) is 0.876.